The molecule has 1 aliphatic heterocycles. The maximum absolute atomic E-state index is 13.4. The van der Waals surface area contributed by atoms with Crippen LogP contribution in [-0.4, -0.2) is 55.7 Å². The van der Waals surface area contributed by atoms with Gasteiger partial charge in [0.15, 0.2) is 0 Å². The first kappa shape index (κ1) is 22.6. The summed E-state index contributed by atoms with van der Waals surface area (Å²) in [5.74, 6) is -2.05. The number of nitrogens with zero attached hydrogens (tertiary/aromatic N) is 1. The largest absolute Gasteiger partial charge is 0.471 e. The number of piperidine rings is 1. The van der Waals surface area contributed by atoms with Crippen LogP contribution in [0, 0.1) is 11.3 Å². The number of benzene rings is 1. The topological polar surface area (TPSA) is 58.6 Å². The third kappa shape index (κ3) is 5.14. The van der Waals surface area contributed by atoms with Crippen molar-refractivity contribution in [2.24, 2.45) is 11.3 Å². The Morgan fingerprint density at radius 1 is 1.27 bits per heavy atom. The molecule has 0 spiro atoms. The smallest absolute Gasteiger partial charge is 0.465 e. The molecule has 0 bridgehead atoms. The number of methoxy groups -OCH3 is 1. The molecule has 2 unspecified atom stereocenters. The van der Waals surface area contributed by atoms with Crippen molar-refractivity contribution < 1.29 is 27.5 Å². The molecule has 1 aromatic rings. The Labute approximate surface area is 175 Å². The minimum Gasteiger partial charge on any atom is -0.465 e. The SMILES string of the molecule is CCC1CC1N(CC1(Cc2cccc(C(=O)OC)c2)CCNCC1)C(=O)C(F)(F)F. The van der Waals surface area contributed by atoms with Crippen LogP contribution in [0.2, 0.25) is 0 Å². The zero-order chi connectivity index (χ0) is 21.9. The van der Waals surface area contributed by atoms with E-state index in [0.29, 0.717) is 44.3 Å². The van der Waals surface area contributed by atoms with Gasteiger partial charge in [-0.2, -0.15) is 13.2 Å². The van der Waals surface area contributed by atoms with Crippen molar-refractivity contribution in [2.75, 3.05) is 26.7 Å². The quantitative estimate of drug-likeness (QED) is 0.678. The molecule has 1 aromatic carbocycles. The van der Waals surface area contributed by atoms with E-state index in [9.17, 15) is 22.8 Å². The lowest BCUT2D eigenvalue weighted by molar-refractivity contribution is -0.188. The van der Waals surface area contributed by atoms with E-state index in [-0.39, 0.29) is 18.5 Å². The van der Waals surface area contributed by atoms with Gasteiger partial charge < -0.3 is 15.0 Å². The summed E-state index contributed by atoms with van der Waals surface area (Å²) in [5, 5.41) is 3.26. The van der Waals surface area contributed by atoms with Crippen molar-refractivity contribution in [1.29, 1.82) is 0 Å². The van der Waals surface area contributed by atoms with Crippen LogP contribution in [-0.2, 0) is 16.0 Å². The third-order valence-corrected chi connectivity index (χ3v) is 6.41. The number of carbonyl (C=O) groups is 2. The second-order valence-corrected chi connectivity index (χ2v) is 8.52. The lowest BCUT2D eigenvalue weighted by Gasteiger charge is -2.42. The molecule has 2 aliphatic rings. The summed E-state index contributed by atoms with van der Waals surface area (Å²) < 4.78 is 44.8. The highest BCUT2D eigenvalue weighted by molar-refractivity contribution is 5.89. The van der Waals surface area contributed by atoms with E-state index in [4.69, 9.17) is 4.74 Å². The van der Waals surface area contributed by atoms with E-state index in [1.807, 2.05) is 13.0 Å². The van der Waals surface area contributed by atoms with Crippen molar-refractivity contribution in [3.63, 3.8) is 0 Å². The van der Waals surface area contributed by atoms with E-state index in [2.05, 4.69) is 5.32 Å². The molecule has 1 amide bonds. The van der Waals surface area contributed by atoms with Crippen molar-refractivity contribution in [1.82, 2.24) is 10.2 Å². The molecule has 166 valence electrons. The maximum Gasteiger partial charge on any atom is 0.471 e. The summed E-state index contributed by atoms with van der Waals surface area (Å²) in [7, 11) is 1.31. The van der Waals surface area contributed by atoms with Crippen LogP contribution in [0.1, 0.15) is 48.5 Å². The van der Waals surface area contributed by atoms with Gasteiger partial charge in [-0.3, -0.25) is 4.79 Å². The predicted octanol–water partition coefficient (Wildman–Crippen LogP) is 3.57. The van der Waals surface area contributed by atoms with E-state index in [1.54, 1.807) is 18.2 Å². The molecule has 30 heavy (non-hydrogen) atoms. The minimum atomic E-state index is -4.88. The summed E-state index contributed by atoms with van der Waals surface area (Å²) in [6.07, 6.45) is -1.64. The van der Waals surface area contributed by atoms with Gasteiger partial charge in [-0.25, -0.2) is 4.79 Å². The normalized spacial score (nSPS) is 23.0. The summed E-state index contributed by atoms with van der Waals surface area (Å²) in [4.78, 5) is 25.2. The van der Waals surface area contributed by atoms with Crippen LogP contribution in [0.25, 0.3) is 0 Å². The van der Waals surface area contributed by atoms with Crippen LogP contribution >= 0.6 is 0 Å². The van der Waals surface area contributed by atoms with Gasteiger partial charge in [0.05, 0.1) is 12.7 Å². The van der Waals surface area contributed by atoms with E-state index >= 15 is 0 Å². The van der Waals surface area contributed by atoms with Crippen molar-refractivity contribution in [3.8, 4) is 0 Å². The molecular weight excluding hydrogens is 397 g/mol. The molecule has 3 rings (SSSR count). The van der Waals surface area contributed by atoms with Crippen molar-refractivity contribution in [2.45, 2.75) is 51.2 Å². The van der Waals surface area contributed by atoms with Gasteiger partial charge >= 0.3 is 18.1 Å². The first-order chi connectivity index (χ1) is 14.2. The second kappa shape index (κ2) is 8.96. The minimum absolute atomic E-state index is 0.0800. The average molecular weight is 426 g/mol. The molecule has 5 nitrogen and oxygen atoms in total. The predicted molar refractivity (Wildman–Crippen MR) is 106 cm³/mol. The number of esters is 1. The molecule has 0 aromatic heterocycles. The highest BCUT2D eigenvalue weighted by Gasteiger charge is 2.52. The molecular formula is C22H29F3N2O3. The van der Waals surface area contributed by atoms with Gasteiger partial charge in [-0.1, -0.05) is 25.5 Å². The molecule has 1 N–H and O–H groups in total. The molecule has 8 heteroatoms. The highest BCUT2D eigenvalue weighted by atomic mass is 19.4. The number of alkyl halides is 3. The molecule has 2 atom stereocenters. The number of halogens is 3. The third-order valence-electron chi connectivity index (χ3n) is 6.41. The number of hydrogen-bond acceptors (Lipinski definition) is 4. The van der Waals surface area contributed by atoms with Gasteiger partial charge in [-0.15, -0.1) is 0 Å². The van der Waals surface area contributed by atoms with Gasteiger partial charge in [0.25, 0.3) is 0 Å². The molecule has 1 saturated heterocycles. The first-order valence-electron chi connectivity index (χ1n) is 10.4. The molecule has 1 saturated carbocycles. The monoisotopic (exact) mass is 426 g/mol. The number of rotatable bonds is 7. The Balaban J connectivity index is 1.87. The average Bonchev–Trinajstić information content (AvgIpc) is 3.51. The lowest BCUT2D eigenvalue weighted by atomic mass is 9.73. The number of nitrogens with one attached hydrogen (secondary N) is 1. The zero-order valence-electron chi connectivity index (χ0n) is 17.4. The number of ether oxygens (including phenoxy) is 1. The fourth-order valence-electron chi connectivity index (χ4n) is 4.62. The number of hydrogen-bond donors (Lipinski definition) is 1. The Bertz CT molecular complexity index is 775. The van der Waals surface area contributed by atoms with Crippen LogP contribution in [0.3, 0.4) is 0 Å². The zero-order valence-corrected chi connectivity index (χ0v) is 17.4. The van der Waals surface area contributed by atoms with Crippen LogP contribution in [0.15, 0.2) is 24.3 Å². The lowest BCUT2D eigenvalue weighted by Crippen LogP contribution is -2.52. The number of amides is 1. The van der Waals surface area contributed by atoms with E-state index in [0.717, 1.165) is 16.9 Å². The van der Waals surface area contributed by atoms with Crippen LogP contribution in [0.5, 0.6) is 0 Å². The second-order valence-electron chi connectivity index (χ2n) is 8.52. The van der Waals surface area contributed by atoms with Crippen molar-refractivity contribution >= 4 is 11.9 Å². The Hall–Kier alpha value is -2.09. The molecule has 0 radical (unpaired) electrons. The fraction of sp³-hybridized carbons (Fsp3) is 0.636. The molecule has 1 aliphatic carbocycles. The van der Waals surface area contributed by atoms with E-state index in [1.165, 1.54) is 7.11 Å². The number of carbonyl (C=O) groups excluding carboxylic acids is 2. The molecule has 2 fully saturated rings. The summed E-state index contributed by atoms with van der Waals surface area (Å²) >= 11 is 0. The maximum atomic E-state index is 13.4. The Morgan fingerprint density at radius 2 is 1.97 bits per heavy atom. The van der Waals surface area contributed by atoms with Gasteiger partial charge in [0.1, 0.15) is 0 Å². The summed E-state index contributed by atoms with van der Waals surface area (Å²) in [6.45, 7) is 3.40. The highest BCUT2D eigenvalue weighted by Crippen LogP contribution is 2.44. The van der Waals surface area contributed by atoms with E-state index < -0.39 is 23.5 Å². The standard InChI is InChI=1S/C22H29F3N2O3/c1-3-16-12-18(16)27(20(29)22(23,24)25)14-21(7-9-26-10-8-21)13-15-5-4-6-17(11-15)19(28)30-2/h4-6,11,16,18,26H,3,7-10,12-14H2,1-2H3. The summed E-state index contributed by atoms with van der Waals surface area (Å²) in [6, 6.07) is 6.68. The molecule has 1 heterocycles. The summed E-state index contributed by atoms with van der Waals surface area (Å²) in [5.41, 5.74) is 0.805. The van der Waals surface area contributed by atoms with Crippen molar-refractivity contribution in [3.05, 3.63) is 35.4 Å². The van der Waals surface area contributed by atoms with Crippen LogP contribution in [0.4, 0.5) is 13.2 Å². The first-order valence-corrected chi connectivity index (χ1v) is 10.4. The van der Waals surface area contributed by atoms with Crippen LogP contribution < -0.4 is 5.32 Å². The van der Waals surface area contributed by atoms with Gasteiger partial charge in [-0.05, 0) is 67.8 Å². The Kier molecular flexibility index (Phi) is 6.75. The Morgan fingerprint density at radius 3 is 2.53 bits per heavy atom. The fourth-order valence-corrected chi connectivity index (χ4v) is 4.62. The van der Waals surface area contributed by atoms with Gasteiger partial charge in [0.2, 0.25) is 0 Å². The van der Waals surface area contributed by atoms with Gasteiger partial charge in [0, 0.05) is 12.6 Å².